The number of aromatic nitrogens is 4. The zero-order chi connectivity index (χ0) is 10.1. The smallest absolute Gasteiger partial charge is 0.147 e. The number of imidazole rings is 1. The molecule has 0 bridgehead atoms. The molecule has 2 heterocycles. The Morgan fingerprint density at radius 3 is 3.00 bits per heavy atom. The maximum absolute atomic E-state index is 5.07. The van der Waals surface area contributed by atoms with Crippen molar-refractivity contribution >= 4 is 35.0 Å². The van der Waals surface area contributed by atoms with Crippen molar-refractivity contribution in [1.29, 1.82) is 0 Å². The minimum Gasteiger partial charge on any atom is -0.342 e. The average molecular weight is 226 g/mol. The van der Waals surface area contributed by atoms with Gasteiger partial charge in [0.15, 0.2) is 0 Å². The van der Waals surface area contributed by atoms with E-state index in [0.717, 1.165) is 16.1 Å². The van der Waals surface area contributed by atoms with E-state index >= 15 is 0 Å². The summed E-state index contributed by atoms with van der Waals surface area (Å²) >= 11 is 6.75. The van der Waals surface area contributed by atoms with Crippen molar-refractivity contribution in [3.8, 4) is 0 Å². The van der Waals surface area contributed by atoms with Gasteiger partial charge in [-0.15, -0.1) is 0 Å². The number of aromatic amines is 2. The Bertz CT molecular complexity index is 499. The second-order valence-corrected chi connectivity index (χ2v) is 5.12. The zero-order valence-corrected chi connectivity index (χ0v) is 9.50. The van der Waals surface area contributed by atoms with Crippen LogP contribution in [-0.4, -0.2) is 25.4 Å². The quantitative estimate of drug-likeness (QED) is 0.610. The van der Waals surface area contributed by atoms with Crippen molar-refractivity contribution < 1.29 is 0 Å². The molecule has 2 N–H and O–H groups in total. The summed E-state index contributed by atoms with van der Waals surface area (Å²) in [5, 5.41) is 8.38. The number of hydrogen-bond acceptors (Lipinski definition) is 4. The molecule has 0 fully saturated rings. The highest BCUT2D eigenvalue weighted by Gasteiger charge is 2.08. The Balaban J connectivity index is 2.61. The summed E-state index contributed by atoms with van der Waals surface area (Å²) in [4.78, 5) is 7.20. The second-order valence-electron chi connectivity index (χ2n) is 3.15. The monoisotopic (exact) mass is 226 g/mol. The first kappa shape index (κ1) is 9.67. The van der Waals surface area contributed by atoms with E-state index in [2.05, 4.69) is 34.0 Å². The Morgan fingerprint density at radius 1 is 1.50 bits per heavy atom. The molecule has 74 valence electrons. The number of nitrogens with zero attached hydrogens (tertiary/aromatic N) is 2. The standard InChI is InChI=1S/C8H10N4S2/c1-4(2)14-8-6-5(9-3-10-6)7(13)11-12-8/h3-4H,1-2H3,(H,9,10)(H,11,13). The fourth-order valence-electron chi connectivity index (χ4n) is 1.15. The van der Waals surface area contributed by atoms with E-state index in [1.807, 2.05) is 0 Å². The van der Waals surface area contributed by atoms with E-state index in [4.69, 9.17) is 12.2 Å². The lowest BCUT2D eigenvalue weighted by molar-refractivity contribution is 0.933. The lowest BCUT2D eigenvalue weighted by Crippen LogP contribution is -1.93. The van der Waals surface area contributed by atoms with Gasteiger partial charge in [-0.3, -0.25) is 5.10 Å². The Kier molecular flexibility index (Phi) is 2.56. The average Bonchev–Trinajstić information content (AvgIpc) is 2.58. The zero-order valence-electron chi connectivity index (χ0n) is 7.87. The van der Waals surface area contributed by atoms with Gasteiger partial charge in [-0.05, 0) is 0 Å². The van der Waals surface area contributed by atoms with Gasteiger partial charge in [0.2, 0.25) is 0 Å². The van der Waals surface area contributed by atoms with E-state index in [0.29, 0.717) is 9.89 Å². The number of rotatable bonds is 2. The molecule has 0 aliphatic heterocycles. The van der Waals surface area contributed by atoms with Crippen LogP contribution in [0.1, 0.15) is 13.8 Å². The van der Waals surface area contributed by atoms with Crippen molar-refractivity contribution in [2.45, 2.75) is 24.1 Å². The van der Waals surface area contributed by atoms with E-state index in [1.54, 1.807) is 18.1 Å². The van der Waals surface area contributed by atoms with Gasteiger partial charge in [0, 0.05) is 5.25 Å². The van der Waals surface area contributed by atoms with Crippen LogP contribution in [0.15, 0.2) is 11.4 Å². The second kappa shape index (κ2) is 3.70. The van der Waals surface area contributed by atoms with Crippen LogP contribution >= 0.6 is 24.0 Å². The third-order valence-electron chi connectivity index (χ3n) is 1.67. The molecule has 0 saturated heterocycles. The van der Waals surface area contributed by atoms with Crippen LogP contribution in [0.3, 0.4) is 0 Å². The topological polar surface area (TPSA) is 57.4 Å². The number of hydrogen-bond donors (Lipinski definition) is 2. The van der Waals surface area contributed by atoms with E-state index in [-0.39, 0.29) is 0 Å². The highest BCUT2D eigenvalue weighted by Crippen LogP contribution is 2.25. The van der Waals surface area contributed by atoms with Crippen LogP contribution in [0.25, 0.3) is 11.0 Å². The van der Waals surface area contributed by atoms with Crippen LogP contribution in [0.4, 0.5) is 0 Å². The Hall–Kier alpha value is -0.880. The van der Waals surface area contributed by atoms with Crippen molar-refractivity contribution in [2.75, 3.05) is 0 Å². The third-order valence-corrected chi connectivity index (χ3v) is 2.95. The number of nitrogens with one attached hydrogen (secondary N) is 2. The lowest BCUT2D eigenvalue weighted by Gasteiger charge is -2.03. The molecule has 2 aromatic rings. The van der Waals surface area contributed by atoms with Gasteiger partial charge >= 0.3 is 0 Å². The summed E-state index contributed by atoms with van der Waals surface area (Å²) in [6, 6.07) is 0. The predicted octanol–water partition coefficient (Wildman–Crippen LogP) is 2.52. The van der Waals surface area contributed by atoms with Crippen LogP contribution in [0.2, 0.25) is 0 Å². The van der Waals surface area contributed by atoms with E-state index in [1.165, 1.54) is 0 Å². The van der Waals surface area contributed by atoms with Crippen LogP contribution in [0.5, 0.6) is 0 Å². The summed E-state index contributed by atoms with van der Waals surface area (Å²) in [5.41, 5.74) is 1.71. The SMILES string of the molecule is CC(C)Sc1n[nH]c(=S)c2nc[nH]c12. The normalized spacial score (nSPS) is 11.4. The van der Waals surface area contributed by atoms with Gasteiger partial charge in [0.05, 0.1) is 6.33 Å². The van der Waals surface area contributed by atoms with Crippen LogP contribution in [-0.2, 0) is 0 Å². The molecule has 0 saturated carbocycles. The van der Waals surface area contributed by atoms with Crippen molar-refractivity contribution in [3.05, 3.63) is 11.0 Å². The first-order valence-corrected chi connectivity index (χ1v) is 5.55. The van der Waals surface area contributed by atoms with Gasteiger partial charge in [-0.2, -0.15) is 5.10 Å². The lowest BCUT2D eigenvalue weighted by atomic mass is 10.5. The van der Waals surface area contributed by atoms with Crippen molar-refractivity contribution in [3.63, 3.8) is 0 Å². The Morgan fingerprint density at radius 2 is 2.29 bits per heavy atom. The van der Waals surface area contributed by atoms with Gasteiger partial charge in [-0.1, -0.05) is 37.8 Å². The first-order chi connectivity index (χ1) is 6.68. The molecule has 0 aliphatic rings. The summed E-state index contributed by atoms with van der Waals surface area (Å²) in [5.74, 6) is 0. The van der Waals surface area contributed by atoms with Gasteiger partial charge in [0.25, 0.3) is 0 Å². The maximum Gasteiger partial charge on any atom is 0.147 e. The van der Waals surface area contributed by atoms with Crippen LogP contribution < -0.4 is 0 Å². The molecule has 0 amide bonds. The summed E-state index contributed by atoms with van der Waals surface area (Å²) in [6.07, 6.45) is 1.64. The van der Waals surface area contributed by atoms with Gasteiger partial charge in [-0.25, -0.2) is 4.98 Å². The van der Waals surface area contributed by atoms with Crippen LogP contribution in [0, 0.1) is 4.64 Å². The van der Waals surface area contributed by atoms with Crippen molar-refractivity contribution in [2.24, 2.45) is 0 Å². The first-order valence-electron chi connectivity index (χ1n) is 4.27. The molecule has 0 aliphatic carbocycles. The fraction of sp³-hybridized carbons (Fsp3) is 0.375. The van der Waals surface area contributed by atoms with Gasteiger partial charge < -0.3 is 4.98 Å². The molecule has 4 nitrogen and oxygen atoms in total. The largest absolute Gasteiger partial charge is 0.342 e. The minimum atomic E-state index is 0.485. The minimum absolute atomic E-state index is 0.485. The summed E-state index contributed by atoms with van der Waals surface area (Å²) < 4.78 is 0.578. The summed E-state index contributed by atoms with van der Waals surface area (Å²) in [6.45, 7) is 4.24. The van der Waals surface area contributed by atoms with Crippen molar-refractivity contribution in [1.82, 2.24) is 20.2 Å². The predicted molar refractivity (Wildman–Crippen MR) is 60.1 cm³/mol. The number of fused-ring (bicyclic) bond motifs is 1. The number of thioether (sulfide) groups is 1. The highest BCUT2D eigenvalue weighted by atomic mass is 32.2. The highest BCUT2D eigenvalue weighted by molar-refractivity contribution is 8.00. The molecule has 14 heavy (non-hydrogen) atoms. The maximum atomic E-state index is 5.07. The number of H-pyrrole nitrogens is 2. The molecule has 2 rings (SSSR count). The van der Waals surface area contributed by atoms with E-state index in [9.17, 15) is 0 Å². The van der Waals surface area contributed by atoms with E-state index < -0.39 is 0 Å². The molecular formula is C8H10N4S2. The molecule has 0 unspecified atom stereocenters. The Labute approximate surface area is 90.5 Å². The van der Waals surface area contributed by atoms with Gasteiger partial charge in [0.1, 0.15) is 20.7 Å². The molecule has 6 heteroatoms. The molecular weight excluding hydrogens is 216 g/mol. The third kappa shape index (κ3) is 1.67. The molecule has 2 aromatic heterocycles. The molecule has 0 radical (unpaired) electrons. The molecule has 0 aromatic carbocycles. The molecule has 0 atom stereocenters. The fourth-order valence-corrected chi connectivity index (χ4v) is 2.17. The summed E-state index contributed by atoms with van der Waals surface area (Å²) in [7, 11) is 0. The molecule has 0 spiro atoms.